The maximum absolute atomic E-state index is 13.2. The Morgan fingerprint density at radius 1 is 0.946 bits per heavy atom. The Morgan fingerprint density at radius 2 is 1.59 bits per heavy atom. The van der Waals surface area contributed by atoms with Crippen molar-refractivity contribution < 1.29 is 13.5 Å². The van der Waals surface area contributed by atoms with Gasteiger partial charge in [-0.1, -0.05) is 65.7 Å². The van der Waals surface area contributed by atoms with E-state index < -0.39 is 15.6 Å². The quantitative estimate of drug-likeness (QED) is 0.326. The highest BCUT2D eigenvalue weighted by molar-refractivity contribution is 7.89. The number of halogens is 3. The lowest BCUT2D eigenvalue weighted by molar-refractivity contribution is -0.0263. The first-order chi connectivity index (χ1) is 17.2. The average molecular weight is 584 g/mol. The summed E-state index contributed by atoms with van der Waals surface area (Å²) in [5, 5.41) is 12.5. The van der Waals surface area contributed by atoms with E-state index in [4.69, 9.17) is 23.2 Å². The second-order valence-electron chi connectivity index (χ2n) is 9.52. The van der Waals surface area contributed by atoms with Gasteiger partial charge in [0.1, 0.15) is 0 Å². The number of aliphatic hydroxyl groups is 1. The number of hydrogen-bond acceptors (Lipinski definition) is 4. The Balaban J connectivity index is 0.00000380. The molecular weight excluding hydrogens is 551 g/mol. The summed E-state index contributed by atoms with van der Waals surface area (Å²) in [6.45, 7) is 2.67. The number of nitrogens with zero attached hydrogens (tertiary/aromatic N) is 2. The van der Waals surface area contributed by atoms with Crippen LogP contribution in [-0.4, -0.2) is 56.0 Å². The molecule has 1 heterocycles. The monoisotopic (exact) mass is 582 g/mol. The third kappa shape index (κ3) is 7.48. The van der Waals surface area contributed by atoms with Crippen LogP contribution in [0.25, 0.3) is 0 Å². The van der Waals surface area contributed by atoms with Gasteiger partial charge < -0.3 is 10.0 Å². The molecule has 200 valence electrons. The maximum Gasteiger partial charge on any atom is 0.242 e. The zero-order valence-corrected chi connectivity index (χ0v) is 23.9. The summed E-state index contributed by atoms with van der Waals surface area (Å²) in [5.74, 6) is -0.0238. The molecule has 3 aromatic rings. The minimum atomic E-state index is -3.60. The largest absolute Gasteiger partial charge is 0.385 e. The summed E-state index contributed by atoms with van der Waals surface area (Å²) in [6.07, 6.45) is 2.05. The van der Waals surface area contributed by atoms with Crippen molar-refractivity contribution in [1.82, 2.24) is 9.21 Å². The average Bonchev–Trinajstić information content (AvgIpc) is 2.88. The van der Waals surface area contributed by atoms with Gasteiger partial charge in [0.25, 0.3) is 0 Å². The molecule has 0 saturated carbocycles. The number of rotatable bonds is 9. The summed E-state index contributed by atoms with van der Waals surface area (Å²) in [5.41, 5.74) is 1.07. The first-order valence-corrected chi connectivity index (χ1v) is 14.3. The number of likely N-dealkylation sites (tertiary alicyclic amines) is 1. The van der Waals surface area contributed by atoms with E-state index in [2.05, 4.69) is 4.90 Å². The third-order valence-corrected chi connectivity index (χ3v) is 9.43. The van der Waals surface area contributed by atoms with Crippen LogP contribution in [0.2, 0.25) is 10.0 Å². The molecule has 1 atom stereocenters. The molecule has 9 heteroatoms. The third-order valence-electron chi connectivity index (χ3n) is 7.11. The maximum atomic E-state index is 13.2. The summed E-state index contributed by atoms with van der Waals surface area (Å²) in [7, 11) is -1.97. The zero-order chi connectivity index (χ0) is 25.8. The highest BCUT2D eigenvalue weighted by Crippen LogP contribution is 2.34. The van der Waals surface area contributed by atoms with Crippen LogP contribution in [-0.2, 0) is 15.6 Å². The van der Waals surface area contributed by atoms with Gasteiger partial charge in [-0.05, 0) is 79.3 Å². The normalized spacial score (nSPS) is 16.8. The van der Waals surface area contributed by atoms with Crippen molar-refractivity contribution in [2.24, 2.45) is 0 Å². The summed E-state index contributed by atoms with van der Waals surface area (Å²) in [4.78, 5) is 2.63. The predicted molar refractivity (Wildman–Crippen MR) is 153 cm³/mol. The van der Waals surface area contributed by atoms with Crippen LogP contribution in [0.15, 0.2) is 83.8 Å². The lowest BCUT2D eigenvalue weighted by atomic mass is 9.84. The molecule has 1 aliphatic rings. The van der Waals surface area contributed by atoms with Gasteiger partial charge in [-0.2, -0.15) is 0 Å². The number of likely N-dealkylation sites (N-methyl/N-ethyl adjacent to an activating group) is 1. The summed E-state index contributed by atoms with van der Waals surface area (Å²) >= 11 is 12.3. The minimum Gasteiger partial charge on any atom is -0.385 e. The van der Waals surface area contributed by atoms with Gasteiger partial charge in [0.2, 0.25) is 10.0 Å². The van der Waals surface area contributed by atoms with Crippen molar-refractivity contribution in [3.8, 4) is 0 Å². The van der Waals surface area contributed by atoms with Crippen LogP contribution >= 0.6 is 35.6 Å². The van der Waals surface area contributed by atoms with Crippen molar-refractivity contribution in [2.45, 2.75) is 35.7 Å². The molecule has 1 N–H and O–H groups in total. The standard InChI is InChI=1S/C28H32Cl2N2O3S.ClH/c1-31(36(34,35)27-8-3-2-4-9-27)21-23(22-6-5-7-26(30)20-22)14-17-32-18-15-28(33,16-19-32)24-10-12-25(29)13-11-24;/h2-13,20,23,33H,14-19,21H2,1H3;1H. The van der Waals surface area contributed by atoms with Gasteiger partial charge in [-0.15, -0.1) is 12.4 Å². The topological polar surface area (TPSA) is 60.9 Å². The van der Waals surface area contributed by atoms with Gasteiger partial charge in [0.15, 0.2) is 0 Å². The predicted octanol–water partition coefficient (Wildman–Crippen LogP) is 6.19. The molecule has 0 amide bonds. The van der Waals surface area contributed by atoms with E-state index in [-0.39, 0.29) is 23.2 Å². The molecule has 0 bridgehead atoms. The van der Waals surface area contributed by atoms with Crippen molar-refractivity contribution >= 4 is 45.6 Å². The molecule has 4 rings (SSSR count). The van der Waals surface area contributed by atoms with Crippen molar-refractivity contribution in [3.63, 3.8) is 0 Å². The number of piperidine rings is 1. The molecule has 37 heavy (non-hydrogen) atoms. The number of hydrogen-bond donors (Lipinski definition) is 1. The lowest BCUT2D eigenvalue weighted by Crippen LogP contribution is -2.43. The number of benzene rings is 3. The highest BCUT2D eigenvalue weighted by atomic mass is 35.5. The smallest absolute Gasteiger partial charge is 0.242 e. The van der Waals surface area contributed by atoms with Crippen LogP contribution in [0, 0.1) is 0 Å². The second kappa shape index (κ2) is 12.9. The Labute approximate surface area is 236 Å². The van der Waals surface area contributed by atoms with Gasteiger partial charge in [0, 0.05) is 36.7 Å². The fourth-order valence-corrected chi connectivity index (χ4v) is 6.40. The highest BCUT2D eigenvalue weighted by Gasteiger charge is 2.34. The molecule has 5 nitrogen and oxygen atoms in total. The van der Waals surface area contributed by atoms with Gasteiger partial charge >= 0.3 is 0 Å². The molecule has 1 saturated heterocycles. The SMILES string of the molecule is CN(CC(CCN1CCC(O)(c2ccc(Cl)cc2)CC1)c1cccc(Cl)c1)S(=O)(=O)c1ccccc1.Cl. The Morgan fingerprint density at radius 3 is 2.22 bits per heavy atom. The van der Waals surface area contributed by atoms with E-state index in [0.29, 0.717) is 29.4 Å². The molecule has 0 spiro atoms. The lowest BCUT2D eigenvalue weighted by Gasteiger charge is -2.39. The zero-order valence-electron chi connectivity index (χ0n) is 20.8. The van der Waals surface area contributed by atoms with E-state index in [1.807, 2.05) is 48.5 Å². The fraction of sp³-hybridized carbons (Fsp3) is 0.357. The van der Waals surface area contributed by atoms with Crippen molar-refractivity contribution in [1.29, 1.82) is 0 Å². The molecule has 0 aromatic heterocycles. The van der Waals surface area contributed by atoms with E-state index in [1.54, 1.807) is 37.4 Å². The van der Waals surface area contributed by atoms with Crippen LogP contribution in [0.3, 0.4) is 0 Å². The Kier molecular flexibility index (Phi) is 10.5. The molecule has 0 aliphatic carbocycles. The van der Waals surface area contributed by atoms with Gasteiger partial charge in [-0.3, -0.25) is 0 Å². The molecule has 1 unspecified atom stereocenters. The molecule has 0 radical (unpaired) electrons. The van der Waals surface area contributed by atoms with E-state index in [1.165, 1.54) is 4.31 Å². The van der Waals surface area contributed by atoms with E-state index >= 15 is 0 Å². The van der Waals surface area contributed by atoms with Crippen LogP contribution in [0.5, 0.6) is 0 Å². The van der Waals surface area contributed by atoms with Gasteiger partial charge in [-0.25, -0.2) is 12.7 Å². The molecular formula is C28H33Cl3N2O3S. The first-order valence-electron chi connectivity index (χ1n) is 12.1. The van der Waals surface area contributed by atoms with E-state index in [9.17, 15) is 13.5 Å². The van der Waals surface area contributed by atoms with Crippen molar-refractivity contribution in [2.75, 3.05) is 33.2 Å². The van der Waals surface area contributed by atoms with Crippen LogP contribution < -0.4 is 0 Å². The summed E-state index contributed by atoms with van der Waals surface area (Å²) < 4.78 is 27.7. The Bertz CT molecular complexity index is 1250. The first kappa shape index (κ1) is 29.9. The fourth-order valence-electron chi connectivity index (χ4n) is 4.84. The summed E-state index contributed by atoms with van der Waals surface area (Å²) in [6, 6.07) is 23.6. The Hall–Kier alpha value is -1.64. The molecule has 1 aliphatic heterocycles. The molecule has 3 aromatic carbocycles. The number of sulfonamides is 1. The van der Waals surface area contributed by atoms with Gasteiger partial charge in [0.05, 0.1) is 10.5 Å². The van der Waals surface area contributed by atoms with Crippen LogP contribution in [0.1, 0.15) is 36.3 Å². The minimum absolute atomic E-state index is 0. The molecule has 1 fully saturated rings. The van der Waals surface area contributed by atoms with Crippen molar-refractivity contribution in [3.05, 3.63) is 100 Å². The van der Waals surface area contributed by atoms with E-state index in [0.717, 1.165) is 37.2 Å². The second-order valence-corrected chi connectivity index (χ2v) is 12.4. The van der Waals surface area contributed by atoms with Crippen LogP contribution in [0.4, 0.5) is 0 Å².